The van der Waals surface area contributed by atoms with Crippen LogP contribution in [0.25, 0.3) is 0 Å². The molecule has 0 atom stereocenters. The van der Waals surface area contributed by atoms with Crippen LogP contribution in [0.4, 0.5) is 11.5 Å². The van der Waals surface area contributed by atoms with Crippen molar-refractivity contribution in [3.05, 3.63) is 56.7 Å². The fourth-order valence-electron chi connectivity index (χ4n) is 1.61. The third kappa shape index (κ3) is 3.54. The molecule has 0 aliphatic carbocycles. The number of nitrogens with zero attached hydrogens (tertiary/aromatic N) is 2. The van der Waals surface area contributed by atoms with E-state index in [-0.39, 0.29) is 17.0 Å². The van der Waals surface area contributed by atoms with Crippen LogP contribution >= 0.6 is 15.9 Å². The quantitative estimate of drug-likeness (QED) is 0.674. The molecule has 21 heavy (non-hydrogen) atoms. The Hall–Kier alpha value is -2.48. The molecule has 1 N–H and O–H groups in total. The Morgan fingerprint density at radius 3 is 2.71 bits per heavy atom. The molecule has 1 aromatic carbocycles. The number of amides is 1. The molecule has 2 rings (SSSR count). The van der Waals surface area contributed by atoms with E-state index in [9.17, 15) is 14.9 Å². The number of halogens is 1. The maximum atomic E-state index is 12.1. The molecule has 0 saturated carbocycles. The first-order chi connectivity index (χ1) is 10.0. The van der Waals surface area contributed by atoms with E-state index in [1.54, 1.807) is 18.3 Å². The van der Waals surface area contributed by atoms with Gasteiger partial charge in [0.15, 0.2) is 0 Å². The molecule has 7 nitrogen and oxygen atoms in total. The van der Waals surface area contributed by atoms with Gasteiger partial charge in [-0.1, -0.05) is 0 Å². The van der Waals surface area contributed by atoms with Gasteiger partial charge in [0.25, 0.3) is 11.6 Å². The van der Waals surface area contributed by atoms with Gasteiger partial charge in [-0.15, -0.1) is 0 Å². The van der Waals surface area contributed by atoms with Crippen molar-refractivity contribution in [3.63, 3.8) is 0 Å². The van der Waals surface area contributed by atoms with Crippen LogP contribution in [-0.4, -0.2) is 22.9 Å². The van der Waals surface area contributed by atoms with Gasteiger partial charge >= 0.3 is 0 Å². The van der Waals surface area contributed by atoms with Crippen molar-refractivity contribution >= 4 is 33.3 Å². The minimum atomic E-state index is -0.555. The number of non-ortho nitro benzene ring substituents is 1. The number of nitro benzene ring substituents is 1. The molecule has 0 aliphatic heterocycles. The molecule has 0 fully saturated rings. The number of hydrogen-bond donors (Lipinski definition) is 1. The van der Waals surface area contributed by atoms with Crippen molar-refractivity contribution in [2.45, 2.75) is 0 Å². The predicted molar refractivity (Wildman–Crippen MR) is 79.5 cm³/mol. The van der Waals surface area contributed by atoms with Crippen molar-refractivity contribution in [2.75, 3.05) is 12.4 Å². The smallest absolute Gasteiger partial charge is 0.273 e. The SMILES string of the molecule is COc1cc([N+](=O)[O-])ccc1C(=O)Nc1ccc(Br)cn1. The van der Waals surface area contributed by atoms with Crippen molar-refractivity contribution in [1.29, 1.82) is 0 Å². The summed E-state index contributed by atoms with van der Waals surface area (Å²) in [6, 6.07) is 7.14. The largest absolute Gasteiger partial charge is 0.496 e. The second-order valence-corrected chi connectivity index (χ2v) is 4.87. The zero-order valence-electron chi connectivity index (χ0n) is 10.9. The van der Waals surface area contributed by atoms with Crippen LogP contribution in [0.1, 0.15) is 10.4 Å². The van der Waals surface area contributed by atoms with Gasteiger partial charge in [0.2, 0.25) is 0 Å². The molecule has 0 bridgehead atoms. The first kappa shape index (κ1) is 14.9. The summed E-state index contributed by atoms with van der Waals surface area (Å²) in [6.07, 6.45) is 1.54. The summed E-state index contributed by atoms with van der Waals surface area (Å²) in [5.74, 6) is 0.0268. The third-order valence-electron chi connectivity index (χ3n) is 2.61. The molecule has 2 aromatic rings. The standard InChI is InChI=1S/C13H10BrN3O4/c1-21-11-6-9(17(19)20)3-4-10(11)13(18)16-12-5-2-8(14)7-15-12/h2-7H,1H3,(H,15,16,18). The van der Waals surface area contributed by atoms with Crippen LogP contribution in [-0.2, 0) is 0 Å². The predicted octanol–water partition coefficient (Wildman–Crippen LogP) is 3.01. The van der Waals surface area contributed by atoms with Crippen LogP contribution in [0.15, 0.2) is 41.0 Å². The van der Waals surface area contributed by atoms with Gasteiger partial charge in [-0.25, -0.2) is 4.98 Å². The lowest BCUT2D eigenvalue weighted by atomic mass is 10.1. The Kier molecular flexibility index (Phi) is 4.49. The summed E-state index contributed by atoms with van der Waals surface area (Å²) in [5.41, 5.74) is 0.0398. The maximum Gasteiger partial charge on any atom is 0.273 e. The Morgan fingerprint density at radius 1 is 1.38 bits per heavy atom. The summed E-state index contributed by atoms with van der Waals surface area (Å²) in [4.78, 5) is 26.3. The van der Waals surface area contributed by atoms with Gasteiger partial charge in [-0.2, -0.15) is 0 Å². The highest BCUT2D eigenvalue weighted by atomic mass is 79.9. The highest BCUT2D eigenvalue weighted by Crippen LogP contribution is 2.25. The van der Waals surface area contributed by atoms with E-state index in [1.165, 1.54) is 25.3 Å². The first-order valence-electron chi connectivity index (χ1n) is 5.76. The van der Waals surface area contributed by atoms with E-state index in [2.05, 4.69) is 26.2 Å². The summed E-state index contributed by atoms with van der Waals surface area (Å²) >= 11 is 3.24. The molecule has 1 heterocycles. The lowest BCUT2D eigenvalue weighted by Gasteiger charge is -2.08. The Balaban J connectivity index is 2.26. The Bertz CT molecular complexity index is 688. The number of carbonyl (C=O) groups excluding carboxylic acids is 1. The van der Waals surface area contributed by atoms with Crippen molar-refractivity contribution < 1.29 is 14.5 Å². The minimum absolute atomic E-state index is 0.124. The van der Waals surface area contributed by atoms with E-state index in [0.717, 1.165) is 4.47 Å². The molecule has 1 aromatic heterocycles. The summed E-state index contributed by atoms with van der Waals surface area (Å²) in [7, 11) is 1.34. The van der Waals surface area contributed by atoms with E-state index < -0.39 is 10.8 Å². The molecule has 1 amide bonds. The monoisotopic (exact) mass is 351 g/mol. The fraction of sp³-hybridized carbons (Fsp3) is 0.0769. The van der Waals surface area contributed by atoms with Crippen LogP contribution in [0.3, 0.4) is 0 Å². The highest BCUT2D eigenvalue weighted by Gasteiger charge is 2.17. The van der Waals surface area contributed by atoms with Gasteiger partial charge in [0.05, 0.1) is 23.7 Å². The maximum absolute atomic E-state index is 12.1. The molecule has 8 heteroatoms. The summed E-state index contributed by atoms with van der Waals surface area (Å²) in [6.45, 7) is 0. The molecule has 0 unspecified atom stereocenters. The van der Waals surface area contributed by atoms with Crippen LogP contribution in [0.2, 0.25) is 0 Å². The number of rotatable bonds is 4. The molecule has 108 valence electrons. The Morgan fingerprint density at radius 2 is 2.14 bits per heavy atom. The number of pyridine rings is 1. The van der Waals surface area contributed by atoms with Crippen LogP contribution in [0.5, 0.6) is 5.75 Å². The lowest BCUT2D eigenvalue weighted by Crippen LogP contribution is -2.14. The van der Waals surface area contributed by atoms with Gasteiger partial charge < -0.3 is 10.1 Å². The normalized spacial score (nSPS) is 10.0. The molecule has 0 radical (unpaired) electrons. The number of nitrogens with one attached hydrogen (secondary N) is 1. The van der Waals surface area contributed by atoms with Crippen molar-refractivity contribution in [1.82, 2.24) is 4.98 Å². The average molecular weight is 352 g/mol. The third-order valence-corrected chi connectivity index (χ3v) is 3.08. The molecular formula is C13H10BrN3O4. The van der Waals surface area contributed by atoms with Gasteiger partial charge in [0.1, 0.15) is 11.6 Å². The van der Waals surface area contributed by atoms with Crippen LogP contribution in [0, 0.1) is 10.1 Å². The van der Waals surface area contributed by atoms with E-state index in [4.69, 9.17) is 4.74 Å². The number of anilines is 1. The van der Waals surface area contributed by atoms with E-state index in [1.807, 2.05) is 0 Å². The van der Waals surface area contributed by atoms with Gasteiger partial charge in [-0.05, 0) is 34.1 Å². The topological polar surface area (TPSA) is 94.4 Å². The number of hydrogen-bond acceptors (Lipinski definition) is 5. The second kappa shape index (κ2) is 6.31. The average Bonchev–Trinajstić information content (AvgIpc) is 2.48. The number of aromatic nitrogens is 1. The zero-order chi connectivity index (χ0) is 15.4. The molecule has 0 saturated heterocycles. The van der Waals surface area contributed by atoms with Gasteiger partial charge in [-0.3, -0.25) is 14.9 Å². The number of ether oxygens (including phenoxy) is 1. The number of methoxy groups -OCH3 is 1. The zero-order valence-corrected chi connectivity index (χ0v) is 12.5. The lowest BCUT2D eigenvalue weighted by molar-refractivity contribution is -0.384. The van der Waals surface area contributed by atoms with Gasteiger partial charge in [0, 0.05) is 16.7 Å². The summed E-state index contributed by atoms with van der Waals surface area (Å²) in [5, 5.41) is 13.3. The number of carbonyl (C=O) groups is 1. The second-order valence-electron chi connectivity index (χ2n) is 3.96. The van der Waals surface area contributed by atoms with E-state index in [0.29, 0.717) is 5.82 Å². The molecular weight excluding hydrogens is 342 g/mol. The number of benzene rings is 1. The highest BCUT2D eigenvalue weighted by molar-refractivity contribution is 9.10. The van der Waals surface area contributed by atoms with Crippen molar-refractivity contribution in [3.8, 4) is 5.75 Å². The molecule has 0 spiro atoms. The Labute approximate surface area is 128 Å². The number of nitro groups is 1. The summed E-state index contributed by atoms with van der Waals surface area (Å²) < 4.78 is 5.81. The fourth-order valence-corrected chi connectivity index (χ4v) is 1.85. The van der Waals surface area contributed by atoms with Crippen molar-refractivity contribution in [2.24, 2.45) is 0 Å². The minimum Gasteiger partial charge on any atom is -0.496 e. The first-order valence-corrected chi connectivity index (χ1v) is 6.56. The van der Waals surface area contributed by atoms with E-state index >= 15 is 0 Å². The molecule has 0 aliphatic rings. The van der Waals surface area contributed by atoms with Crippen LogP contribution < -0.4 is 10.1 Å².